The van der Waals surface area contributed by atoms with Gasteiger partial charge in [0.1, 0.15) is 0 Å². The number of ether oxygens (including phenoxy) is 2. The summed E-state index contributed by atoms with van der Waals surface area (Å²) in [6.45, 7) is 0. The van der Waals surface area contributed by atoms with Gasteiger partial charge in [-0.1, -0.05) is 42.5 Å². The molecule has 22 heavy (non-hydrogen) atoms. The van der Waals surface area contributed by atoms with E-state index in [-0.39, 0.29) is 11.7 Å². The molecule has 0 saturated heterocycles. The molecule has 3 rings (SSSR count). The standard InChI is InChI=1S/C18H17NO3/c1-19(14-9-4-3-5-10-14)17(20)16-12-13-8-6-7-11-15(13)18(21-2)22-16/h3-12,18H,1-2H3. The van der Waals surface area contributed by atoms with Crippen molar-refractivity contribution >= 4 is 17.7 Å². The molecule has 1 atom stereocenters. The Balaban J connectivity index is 1.92. The van der Waals surface area contributed by atoms with E-state index in [9.17, 15) is 4.79 Å². The highest BCUT2D eigenvalue weighted by Crippen LogP contribution is 2.32. The molecule has 2 aromatic carbocycles. The third-order valence-corrected chi connectivity index (χ3v) is 3.64. The van der Waals surface area contributed by atoms with Crippen molar-refractivity contribution in [2.45, 2.75) is 6.29 Å². The van der Waals surface area contributed by atoms with Crippen LogP contribution in [0, 0.1) is 0 Å². The van der Waals surface area contributed by atoms with Crippen LogP contribution in [0.1, 0.15) is 17.4 Å². The molecule has 0 N–H and O–H groups in total. The molecular formula is C18H17NO3. The fourth-order valence-electron chi connectivity index (χ4n) is 2.43. The van der Waals surface area contributed by atoms with Crippen LogP contribution in [0.2, 0.25) is 0 Å². The zero-order valence-electron chi connectivity index (χ0n) is 12.5. The van der Waals surface area contributed by atoms with Gasteiger partial charge in [-0.3, -0.25) is 4.79 Å². The third-order valence-electron chi connectivity index (χ3n) is 3.64. The molecule has 1 amide bonds. The smallest absolute Gasteiger partial charge is 0.293 e. The molecule has 0 fully saturated rings. The van der Waals surface area contributed by atoms with Gasteiger partial charge in [-0.2, -0.15) is 0 Å². The van der Waals surface area contributed by atoms with Gasteiger partial charge in [0.25, 0.3) is 5.91 Å². The van der Waals surface area contributed by atoms with Crippen molar-refractivity contribution in [3.63, 3.8) is 0 Å². The number of hydrogen-bond donors (Lipinski definition) is 0. The molecule has 4 nitrogen and oxygen atoms in total. The topological polar surface area (TPSA) is 38.8 Å². The molecule has 0 bridgehead atoms. The molecule has 112 valence electrons. The maximum atomic E-state index is 12.6. The van der Waals surface area contributed by atoms with Crippen molar-refractivity contribution in [1.29, 1.82) is 0 Å². The fourth-order valence-corrected chi connectivity index (χ4v) is 2.43. The van der Waals surface area contributed by atoms with Crippen LogP contribution in [-0.2, 0) is 14.3 Å². The second-order valence-corrected chi connectivity index (χ2v) is 5.02. The van der Waals surface area contributed by atoms with E-state index >= 15 is 0 Å². The molecule has 1 aliphatic heterocycles. The zero-order chi connectivity index (χ0) is 15.5. The van der Waals surface area contributed by atoms with Crippen LogP contribution in [-0.4, -0.2) is 20.1 Å². The van der Waals surface area contributed by atoms with Gasteiger partial charge >= 0.3 is 0 Å². The Morgan fingerprint density at radius 3 is 2.50 bits per heavy atom. The van der Waals surface area contributed by atoms with Crippen LogP contribution in [0.5, 0.6) is 0 Å². The molecule has 0 spiro atoms. The number of rotatable bonds is 3. The SMILES string of the molecule is COC1OC(C(=O)N(C)c2ccccc2)=Cc2ccccc21. The van der Waals surface area contributed by atoms with E-state index in [1.807, 2.05) is 54.6 Å². The van der Waals surface area contributed by atoms with Crippen molar-refractivity contribution in [3.8, 4) is 0 Å². The van der Waals surface area contributed by atoms with Gasteiger partial charge in [0.15, 0.2) is 5.76 Å². The summed E-state index contributed by atoms with van der Waals surface area (Å²) in [6.07, 6.45) is 1.19. The molecule has 1 unspecified atom stereocenters. The molecule has 2 aromatic rings. The highest BCUT2D eigenvalue weighted by Gasteiger charge is 2.27. The normalized spacial score (nSPS) is 16.3. The number of nitrogens with zero attached hydrogens (tertiary/aromatic N) is 1. The number of para-hydroxylation sites is 1. The van der Waals surface area contributed by atoms with Crippen molar-refractivity contribution in [2.75, 3.05) is 19.1 Å². The van der Waals surface area contributed by atoms with Gasteiger partial charge in [-0.15, -0.1) is 0 Å². The maximum absolute atomic E-state index is 12.6. The van der Waals surface area contributed by atoms with Gasteiger partial charge < -0.3 is 14.4 Å². The van der Waals surface area contributed by atoms with Crippen LogP contribution in [0.4, 0.5) is 5.69 Å². The Morgan fingerprint density at radius 2 is 1.77 bits per heavy atom. The van der Waals surface area contributed by atoms with Gasteiger partial charge in [0.2, 0.25) is 6.29 Å². The maximum Gasteiger partial charge on any atom is 0.293 e. The summed E-state index contributed by atoms with van der Waals surface area (Å²) in [6, 6.07) is 17.2. The highest BCUT2D eigenvalue weighted by atomic mass is 16.7. The second kappa shape index (κ2) is 6.03. The minimum absolute atomic E-state index is 0.206. The first kappa shape index (κ1) is 14.4. The second-order valence-electron chi connectivity index (χ2n) is 5.02. The molecule has 1 aliphatic rings. The Morgan fingerprint density at radius 1 is 1.09 bits per heavy atom. The van der Waals surface area contributed by atoms with Gasteiger partial charge in [0, 0.05) is 25.4 Å². The Kier molecular flexibility index (Phi) is 3.94. The predicted octanol–water partition coefficient (Wildman–Crippen LogP) is 3.37. The number of benzene rings is 2. The van der Waals surface area contributed by atoms with E-state index in [0.717, 1.165) is 16.8 Å². The first-order valence-corrected chi connectivity index (χ1v) is 7.04. The van der Waals surface area contributed by atoms with Gasteiger partial charge in [-0.05, 0) is 23.8 Å². The summed E-state index contributed by atoms with van der Waals surface area (Å²) >= 11 is 0. The molecule has 0 radical (unpaired) electrons. The summed E-state index contributed by atoms with van der Waals surface area (Å²) < 4.78 is 11.1. The lowest BCUT2D eigenvalue weighted by Gasteiger charge is -2.27. The number of anilines is 1. The first-order valence-electron chi connectivity index (χ1n) is 7.04. The van der Waals surface area contributed by atoms with E-state index < -0.39 is 6.29 Å². The monoisotopic (exact) mass is 295 g/mol. The lowest BCUT2D eigenvalue weighted by Crippen LogP contribution is -2.30. The van der Waals surface area contributed by atoms with E-state index in [4.69, 9.17) is 9.47 Å². The molecular weight excluding hydrogens is 278 g/mol. The van der Waals surface area contributed by atoms with Crippen LogP contribution >= 0.6 is 0 Å². The molecule has 0 aliphatic carbocycles. The van der Waals surface area contributed by atoms with E-state index in [1.165, 1.54) is 0 Å². The summed E-state index contributed by atoms with van der Waals surface area (Å²) in [5.74, 6) is 0.0691. The zero-order valence-corrected chi connectivity index (χ0v) is 12.5. The van der Waals surface area contributed by atoms with Crippen LogP contribution < -0.4 is 4.90 Å². The minimum atomic E-state index is -0.565. The van der Waals surface area contributed by atoms with Crippen LogP contribution in [0.15, 0.2) is 60.4 Å². The average molecular weight is 295 g/mol. The van der Waals surface area contributed by atoms with Crippen molar-refractivity contribution in [1.82, 2.24) is 0 Å². The van der Waals surface area contributed by atoms with Crippen molar-refractivity contribution < 1.29 is 14.3 Å². The highest BCUT2D eigenvalue weighted by molar-refractivity contribution is 6.06. The number of fused-ring (bicyclic) bond motifs is 1. The fraction of sp³-hybridized carbons (Fsp3) is 0.167. The molecule has 4 heteroatoms. The lowest BCUT2D eigenvalue weighted by atomic mass is 10.0. The Labute approximate surface area is 129 Å². The average Bonchev–Trinajstić information content (AvgIpc) is 2.60. The van der Waals surface area contributed by atoms with Gasteiger partial charge in [-0.25, -0.2) is 0 Å². The Bertz CT molecular complexity index is 709. The number of likely N-dealkylation sites (N-methyl/N-ethyl adjacent to an activating group) is 1. The lowest BCUT2D eigenvalue weighted by molar-refractivity contribution is -0.132. The van der Waals surface area contributed by atoms with Crippen molar-refractivity contribution in [3.05, 3.63) is 71.5 Å². The third kappa shape index (κ3) is 2.61. The Hall–Kier alpha value is -2.59. The quantitative estimate of drug-likeness (QED) is 0.871. The summed E-state index contributed by atoms with van der Waals surface area (Å²) in [5.41, 5.74) is 2.67. The van der Waals surface area contributed by atoms with Crippen LogP contribution in [0.3, 0.4) is 0 Å². The minimum Gasteiger partial charge on any atom is -0.455 e. The number of amides is 1. The van der Waals surface area contributed by atoms with Gasteiger partial charge in [0.05, 0.1) is 0 Å². The number of carbonyl (C=O) groups excluding carboxylic acids is 1. The number of carbonyl (C=O) groups is 1. The number of methoxy groups -OCH3 is 1. The molecule has 0 aromatic heterocycles. The van der Waals surface area contributed by atoms with E-state index in [2.05, 4.69) is 0 Å². The summed E-state index contributed by atoms with van der Waals surface area (Å²) in [5, 5.41) is 0. The number of hydrogen-bond acceptors (Lipinski definition) is 3. The van der Waals surface area contributed by atoms with E-state index in [0.29, 0.717) is 0 Å². The predicted molar refractivity (Wildman–Crippen MR) is 85.1 cm³/mol. The largest absolute Gasteiger partial charge is 0.455 e. The molecule has 1 heterocycles. The van der Waals surface area contributed by atoms with E-state index in [1.54, 1.807) is 25.1 Å². The summed E-state index contributed by atoms with van der Waals surface area (Å²) in [7, 11) is 3.29. The van der Waals surface area contributed by atoms with Crippen LogP contribution in [0.25, 0.3) is 6.08 Å². The van der Waals surface area contributed by atoms with Crippen molar-refractivity contribution in [2.24, 2.45) is 0 Å². The molecule has 0 saturated carbocycles. The summed E-state index contributed by atoms with van der Waals surface area (Å²) in [4.78, 5) is 14.2. The first-order chi connectivity index (χ1) is 10.7.